The highest BCUT2D eigenvalue weighted by Gasteiger charge is 2.33. The van der Waals surface area contributed by atoms with Crippen LogP contribution in [0.5, 0.6) is 5.75 Å². The van der Waals surface area contributed by atoms with Crippen LogP contribution in [0.15, 0.2) is 36.4 Å². The molecule has 4 heteroatoms. The molecule has 0 bridgehead atoms. The Morgan fingerprint density at radius 3 is 2.52 bits per heavy atom. The zero-order chi connectivity index (χ0) is 18.0. The summed E-state index contributed by atoms with van der Waals surface area (Å²) in [4.78, 5) is 11.0. The maximum absolute atomic E-state index is 11.0. The van der Waals surface area contributed by atoms with Gasteiger partial charge in [0.05, 0.1) is 6.61 Å². The Morgan fingerprint density at radius 2 is 1.92 bits per heavy atom. The molecule has 1 unspecified atom stereocenters. The third-order valence-corrected chi connectivity index (χ3v) is 4.32. The normalized spacial score (nSPS) is 19.0. The monoisotopic (exact) mass is 340 g/mol. The van der Waals surface area contributed by atoms with Gasteiger partial charge in [0.25, 0.3) is 0 Å². The lowest BCUT2D eigenvalue weighted by Gasteiger charge is -2.18. The Hall–Kier alpha value is -2.17. The first-order valence-electron chi connectivity index (χ1n) is 8.49. The van der Waals surface area contributed by atoms with Gasteiger partial charge in [-0.2, -0.15) is 0 Å². The zero-order valence-corrected chi connectivity index (χ0v) is 15.2. The van der Waals surface area contributed by atoms with Crippen molar-refractivity contribution in [3.63, 3.8) is 0 Å². The highest BCUT2D eigenvalue weighted by Crippen LogP contribution is 2.32. The zero-order valence-electron chi connectivity index (χ0n) is 15.2. The molecule has 2 aromatic carbocycles. The first kappa shape index (κ1) is 17.6. The van der Waals surface area contributed by atoms with E-state index in [1.807, 2.05) is 50.2 Å². The van der Waals surface area contributed by atoms with Crippen molar-refractivity contribution in [2.75, 3.05) is 13.2 Å². The van der Waals surface area contributed by atoms with E-state index in [-0.39, 0.29) is 6.10 Å². The number of rotatable bonds is 5. The van der Waals surface area contributed by atoms with Gasteiger partial charge in [-0.15, -0.1) is 0 Å². The van der Waals surface area contributed by atoms with Crippen molar-refractivity contribution in [2.24, 2.45) is 0 Å². The highest BCUT2D eigenvalue weighted by molar-refractivity contribution is 5.80. The molecule has 0 saturated carbocycles. The number of aldehydes is 1. The van der Waals surface area contributed by atoms with Gasteiger partial charge in [0.1, 0.15) is 24.7 Å². The van der Waals surface area contributed by atoms with Crippen LogP contribution in [0.2, 0.25) is 0 Å². The molecule has 0 aromatic heterocycles. The van der Waals surface area contributed by atoms with Crippen molar-refractivity contribution in [2.45, 2.75) is 39.6 Å². The van der Waals surface area contributed by atoms with Crippen molar-refractivity contribution >= 4 is 6.29 Å². The molecule has 1 fully saturated rings. The molecule has 132 valence electrons. The Bertz CT molecular complexity index is 756. The lowest BCUT2D eigenvalue weighted by atomic mass is 9.94. The first-order valence-corrected chi connectivity index (χ1v) is 8.49. The number of ether oxygens (including phenoxy) is 3. The highest BCUT2D eigenvalue weighted by atomic mass is 16.7. The molecule has 4 nitrogen and oxygen atoms in total. The van der Waals surface area contributed by atoms with Crippen LogP contribution in [-0.2, 0) is 9.47 Å². The number of hydrogen-bond acceptors (Lipinski definition) is 4. The van der Waals surface area contributed by atoms with Crippen molar-refractivity contribution in [3.05, 3.63) is 53.1 Å². The number of carbonyl (C=O) groups excluding carboxylic acids is 1. The molecule has 1 heterocycles. The number of benzene rings is 2. The molecular formula is C21H24O4. The summed E-state index contributed by atoms with van der Waals surface area (Å²) < 4.78 is 17.2. The average Bonchev–Trinajstić information content (AvgIpc) is 2.92. The standard InChI is InChI=1S/C21H24O4/c1-14-8-18(23-12-19-13-24-21(3,4)25-19)9-15(2)20(14)17-7-5-6-16(10-17)11-22/h5-11,19H,12-13H2,1-4H3. The van der Waals surface area contributed by atoms with Gasteiger partial charge in [-0.3, -0.25) is 4.79 Å². The van der Waals surface area contributed by atoms with E-state index in [2.05, 4.69) is 13.8 Å². The van der Waals surface area contributed by atoms with E-state index in [1.165, 1.54) is 0 Å². The molecule has 2 aromatic rings. The number of aryl methyl sites for hydroxylation is 2. The smallest absolute Gasteiger partial charge is 0.163 e. The Balaban J connectivity index is 1.77. The van der Waals surface area contributed by atoms with E-state index in [1.54, 1.807) is 0 Å². The van der Waals surface area contributed by atoms with E-state index in [0.717, 1.165) is 34.3 Å². The summed E-state index contributed by atoms with van der Waals surface area (Å²) >= 11 is 0. The maximum Gasteiger partial charge on any atom is 0.163 e. The molecule has 0 amide bonds. The van der Waals surface area contributed by atoms with Gasteiger partial charge in [-0.25, -0.2) is 0 Å². The van der Waals surface area contributed by atoms with Crippen molar-refractivity contribution in [1.29, 1.82) is 0 Å². The van der Waals surface area contributed by atoms with Crippen LogP contribution in [0.25, 0.3) is 11.1 Å². The van der Waals surface area contributed by atoms with Crippen LogP contribution in [0.1, 0.15) is 35.3 Å². The van der Waals surface area contributed by atoms with Crippen LogP contribution in [0.3, 0.4) is 0 Å². The lowest BCUT2D eigenvalue weighted by Crippen LogP contribution is -2.25. The van der Waals surface area contributed by atoms with E-state index in [4.69, 9.17) is 14.2 Å². The summed E-state index contributed by atoms with van der Waals surface area (Å²) in [7, 11) is 0. The van der Waals surface area contributed by atoms with E-state index in [0.29, 0.717) is 18.8 Å². The Morgan fingerprint density at radius 1 is 1.20 bits per heavy atom. The summed E-state index contributed by atoms with van der Waals surface area (Å²) in [5.74, 6) is 0.284. The van der Waals surface area contributed by atoms with Gasteiger partial charge in [-0.05, 0) is 68.1 Å². The minimum absolute atomic E-state index is 0.0560. The molecule has 1 atom stereocenters. The first-order chi connectivity index (χ1) is 11.9. The minimum Gasteiger partial charge on any atom is -0.491 e. The summed E-state index contributed by atoms with van der Waals surface area (Å²) in [5.41, 5.74) is 5.08. The van der Waals surface area contributed by atoms with Gasteiger partial charge in [0.2, 0.25) is 0 Å². The third-order valence-electron chi connectivity index (χ3n) is 4.32. The SMILES string of the molecule is Cc1cc(OCC2COC(C)(C)O2)cc(C)c1-c1cccc(C=O)c1. The molecule has 0 spiro atoms. The molecular weight excluding hydrogens is 316 g/mol. The Kier molecular flexibility index (Phi) is 4.93. The quantitative estimate of drug-likeness (QED) is 0.761. The second kappa shape index (κ2) is 6.98. The molecule has 1 aliphatic heterocycles. The van der Waals surface area contributed by atoms with Crippen LogP contribution in [0, 0.1) is 13.8 Å². The summed E-state index contributed by atoms with van der Waals surface area (Å²) in [6, 6.07) is 11.7. The lowest BCUT2D eigenvalue weighted by molar-refractivity contribution is -0.141. The number of carbonyl (C=O) groups is 1. The second-order valence-corrected chi connectivity index (χ2v) is 6.94. The van der Waals surface area contributed by atoms with Crippen LogP contribution >= 0.6 is 0 Å². The van der Waals surface area contributed by atoms with Gasteiger partial charge in [-0.1, -0.05) is 18.2 Å². The largest absolute Gasteiger partial charge is 0.491 e. The van der Waals surface area contributed by atoms with Crippen LogP contribution in [-0.4, -0.2) is 31.4 Å². The molecule has 1 aliphatic rings. The predicted molar refractivity (Wildman–Crippen MR) is 97.1 cm³/mol. The van der Waals surface area contributed by atoms with E-state index < -0.39 is 5.79 Å². The molecule has 3 rings (SSSR count). The van der Waals surface area contributed by atoms with Gasteiger partial charge < -0.3 is 14.2 Å². The fourth-order valence-electron chi connectivity index (χ4n) is 3.26. The summed E-state index contributed by atoms with van der Waals surface area (Å²) in [5, 5.41) is 0. The number of hydrogen-bond donors (Lipinski definition) is 0. The second-order valence-electron chi connectivity index (χ2n) is 6.94. The predicted octanol–water partition coefficient (Wildman–Crippen LogP) is 4.31. The van der Waals surface area contributed by atoms with Gasteiger partial charge in [0, 0.05) is 5.56 Å². The summed E-state index contributed by atoms with van der Waals surface area (Å²) in [6.45, 7) is 8.93. The van der Waals surface area contributed by atoms with Crippen LogP contribution in [0.4, 0.5) is 0 Å². The minimum atomic E-state index is -0.534. The molecule has 0 aliphatic carbocycles. The van der Waals surface area contributed by atoms with E-state index >= 15 is 0 Å². The van der Waals surface area contributed by atoms with Gasteiger partial charge >= 0.3 is 0 Å². The average molecular weight is 340 g/mol. The summed E-state index contributed by atoms with van der Waals surface area (Å²) in [6.07, 6.45) is 0.816. The molecule has 0 radical (unpaired) electrons. The fraction of sp³-hybridized carbons (Fsp3) is 0.381. The van der Waals surface area contributed by atoms with Crippen molar-refractivity contribution in [3.8, 4) is 16.9 Å². The van der Waals surface area contributed by atoms with E-state index in [9.17, 15) is 4.79 Å². The topological polar surface area (TPSA) is 44.8 Å². The Labute approximate surface area is 148 Å². The van der Waals surface area contributed by atoms with Crippen LogP contribution < -0.4 is 4.74 Å². The molecule has 25 heavy (non-hydrogen) atoms. The maximum atomic E-state index is 11.0. The third kappa shape index (κ3) is 4.09. The van der Waals surface area contributed by atoms with Crippen molar-refractivity contribution in [1.82, 2.24) is 0 Å². The molecule has 0 N–H and O–H groups in total. The van der Waals surface area contributed by atoms with Gasteiger partial charge in [0.15, 0.2) is 5.79 Å². The molecule has 1 saturated heterocycles. The van der Waals surface area contributed by atoms with Crippen molar-refractivity contribution < 1.29 is 19.0 Å². The fourth-order valence-corrected chi connectivity index (χ4v) is 3.26.